The number of carbonyl (C=O) groups is 4. The summed E-state index contributed by atoms with van der Waals surface area (Å²) in [5, 5.41) is 24.7. The van der Waals surface area contributed by atoms with Gasteiger partial charge in [0.2, 0.25) is 11.8 Å². The lowest BCUT2D eigenvalue weighted by Crippen LogP contribution is -2.54. The first-order valence-electron chi connectivity index (χ1n) is 25.2. The summed E-state index contributed by atoms with van der Waals surface area (Å²) in [6, 6.07) is 49.8. The number of carbonyl (C=O) groups excluding carboxylic acids is 4. The standard InChI is InChI=1S/C61H50N6O10S/c1-64(37-40-15-5-2-6-16-40)32-14-17-39-28-31-49-47(35-39)61(58(71)65(49)60(72)76-38-41-26-29-45(30-27-41)67(73)74)51(56(69)63-59-62-48-24-11-12-25-50(48)78-59)53-57(70)77-54(43-20-9-4-10-21-43)52(42-18-7-3-8-19-42)66(53)55(61)44-22-13-23-46(36-44)75-34-33-68/h2-13,15-16,18-31,35-36,51-55,68H,32-34,37-38H2,1H3,(H,62,63,69)/t51-,52-,53-,54+,55+,61-/m1/s1. The van der Waals surface area contributed by atoms with E-state index >= 15 is 19.2 Å². The summed E-state index contributed by atoms with van der Waals surface area (Å²) in [5.74, 6) is 2.83. The quantitative estimate of drug-likeness (QED) is 0.0453. The number of nitrogens with one attached hydrogen (secondary N) is 1. The molecular weight excluding hydrogens is 1010 g/mol. The van der Waals surface area contributed by atoms with Gasteiger partial charge in [0.15, 0.2) is 5.13 Å². The first-order chi connectivity index (χ1) is 38.0. The van der Waals surface area contributed by atoms with E-state index in [2.05, 4.69) is 22.1 Å². The van der Waals surface area contributed by atoms with E-state index in [1.165, 1.54) is 35.6 Å². The molecule has 3 amide bonds. The number of imide groups is 1. The zero-order valence-electron chi connectivity index (χ0n) is 42.0. The number of anilines is 2. The monoisotopic (exact) mass is 1060 g/mol. The highest BCUT2D eigenvalue weighted by Crippen LogP contribution is 2.66. The number of amides is 3. The first-order valence-corrected chi connectivity index (χ1v) is 26.0. The summed E-state index contributed by atoms with van der Waals surface area (Å²) in [6.45, 7) is 0.243. The SMILES string of the molecule is CN(CC#Cc1ccc2c(c1)[C@]1(C(=O)N2C(=O)OCc2ccc([N+](=O)[O-])cc2)[C@H](c2cccc(OCCO)c2)N2[C@H](c3ccccc3)[C@H](c3ccccc3)OC(=O)[C@H]2[C@@H]1C(=O)Nc1nc2ccccc2s1)Cc1ccccc1. The number of cyclic esters (lactones) is 1. The molecule has 6 atom stereocenters. The fraction of sp³-hybridized carbons (Fsp3) is 0.197. The predicted molar refractivity (Wildman–Crippen MR) is 292 cm³/mol. The molecule has 390 valence electrons. The minimum absolute atomic E-state index is 0.0629. The molecule has 0 unspecified atom stereocenters. The average Bonchev–Trinajstić information content (AvgIpc) is 3.69. The van der Waals surface area contributed by atoms with Gasteiger partial charge >= 0.3 is 12.1 Å². The molecule has 2 fully saturated rings. The Morgan fingerprint density at radius 1 is 0.821 bits per heavy atom. The largest absolute Gasteiger partial charge is 0.491 e. The molecule has 1 aromatic heterocycles. The summed E-state index contributed by atoms with van der Waals surface area (Å²) in [4.78, 5) is 84.2. The third-order valence-electron chi connectivity index (χ3n) is 14.4. The van der Waals surface area contributed by atoms with Crippen molar-refractivity contribution >= 4 is 61.9 Å². The van der Waals surface area contributed by atoms with Crippen LogP contribution in [-0.4, -0.2) is 81.5 Å². The molecule has 16 nitrogen and oxygen atoms in total. The van der Waals surface area contributed by atoms with Crippen molar-refractivity contribution in [3.63, 3.8) is 0 Å². The Morgan fingerprint density at radius 2 is 1.51 bits per heavy atom. The molecule has 0 aliphatic carbocycles. The summed E-state index contributed by atoms with van der Waals surface area (Å²) in [5.41, 5.74) is 2.32. The number of aromatic nitrogens is 1. The molecule has 1 spiro atoms. The highest BCUT2D eigenvalue weighted by molar-refractivity contribution is 7.22. The van der Waals surface area contributed by atoms with Gasteiger partial charge in [-0.05, 0) is 95.0 Å². The predicted octanol–water partition coefficient (Wildman–Crippen LogP) is 9.70. The molecule has 7 aromatic carbocycles. The van der Waals surface area contributed by atoms with Gasteiger partial charge in [0.1, 0.15) is 36.5 Å². The van der Waals surface area contributed by atoms with Crippen molar-refractivity contribution in [2.75, 3.05) is 37.0 Å². The number of benzene rings is 7. The van der Waals surface area contributed by atoms with Crippen molar-refractivity contribution in [2.45, 2.75) is 42.8 Å². The van der Waals surface area contributed by atoms with E-state index in [1.807, 2.05) is 127 Å². The van der Waals surface area contributed by atoms with Crippen LogP contribution >= 0.6 is 11.3 Å². The summed E-state index contributed by atoms with van der Waals surface area (Å²) >= 11 is 1.22. The van der Waals surface area contributed by atoms with Crippen molar-refractivity contribution in [3.8, 4) is 17.6 Å². The van der Waals surface area contributed by atoms with Crippen molar-refractivity contribution in [3.05, 3.63) is 231 Å². The number of esters is 1. The van der Waals surface area contributed by atoms with Crippen LogP contribution in [0.4, 0.5) is 21.3 Å². The third kappa shape index (κ3) is 9.62. The number of non-ortho nitro benzene ring substituents is 1. The Labute approximate surface area is 452 Å². The van der Waals surface area contributed by atoms with Gasteiger partial charge in [-0.1, -0.05) is 138 Å². The highest BCUT2D eigenvalue weighted by Gasteiger charge is 2.76. The van der Waals surface area contributed by atoms with Crippen LogP contribution in [0.15, 0.2) is 182 Å². The first kappa shape index (κ1) is 51.1. The number of hydrogen-bond donors (Lipinski definition) is 2. The Balaban J connectivity index is 1.14. The smallest absolute Gasteiger partial charge is 0.421 e. The number of nitro groups is 1. The molecule has 78 heavy (non-hydrogen) atoms. The van der Waals surface area contributed by atoms with E-state index in [1.54, 1.807) is 42.5 Å². The molecule has 2 N–H and O–H groups in total. The second kappa shape index (κ2) is 21.9. The van der Waals surface area contributed by atoms with E-state index in [9.17, 15) is 15.2 Å². The van der Waals surface area contributed by atoms with E-state index < -0.39 is 64.4 Å². The fourth-order valence-corrected chi connectivity index (χ4v) is 12.0. The zero-order valence-corrected chi connectivity index (χ0v) is 42.8. The van der Waals surface area contributed by atoms with Crippen LogP contribution in [0.25, 0.3) is 10.2 Å². The molecule has 4 heterocycles. The molecule has 3 aliphatic heterocycles. The van der Waals surface area contributed by atoms with Gasteiger partial charge in [-0.15, -0.1) is 0 Å². The molecule has 0 radical (unpaired) electrons. The van der Waals surface area contributed by atoms with E-state index in [-0.39, 0.29) is 41.9 Å². The van der Waals surface area contributed by atoms with Crippen LogP contribution in [0.1, 0.15) is 57.1 Å². The number of nitrogens with zero attached hydrogens (tertiary/aromatic N) is 5. The highest BCUT2D eigenvalue weighted by atomic mass is 32.1. The van der Waals surface area contributed by atoms with Crippen molar-refractivity contribution in [1.29, 1.82) is 0 Å². The number of para-hydroxylation sites is 1. The number of morpholine rings is 1. The molecule has 11 rings (SSSR count). The molecule has 8 aromatic rings. The molecule has 17 heteroatoms. The van der Waals surface area contributed by atoms with Gasteiger partial charge in [-0.3, -0.25) is 34.3 Å². The van der Waals surface area contributed by atoms with Crippen molar-refractivity contribution in [2.24, 2.45) is 5.92 Å². The number of hydrogen-bond acceptors (Lipinski definition) is 14. The maximum Gasteiger partial charge on any atom is 0.421 e. The Morgan fingerprint density at radius 3 is 2.23 bits per heavy atom. The van der Waals surface area contributed by atoms with Crippen molar-refractivity contribution in [1.82, 2.24) is 14.8 Å². The molecule has 0 saturated carbocycles. The summed E-state index contributed by atoms with van der Waals surface area (Å²) in [7, 11) is 1.95. The Bertz CT molecular complexity index is 3600. The number of nitro benzene ring substituents is 1. The van der Waals surface area contributed by atoms with Gasteiger partial charge < -0.3 is 24.6 Å². The van der Waals surface area contributed by atoms with Crippen molar-refractivity contribution < 1.29 is 43.4 Å². The van der Waals surface area contributed by atoms with Gasteiger partial charge in [0, 0.05) is 24.2 Å². The number of ether oxygens (including phenoxy) is 3. The number of rotatable bonds is 14. The number of thiazole rings is 1. The van der Waals surface area contributed by atoms with Crippen LogP contribution in [-0.2, 0) is 42.4 Å². The third-order valence-corrected chi connectivity index (χ3v) is 15.3. The lowest BCUT2D eigenvalue weighted by atomic mass is 9.65. The topological polar surface area (TPSA) is 194 Å². The number of fused-ring (bicyclic) bond motifs is 4. The lowest BCUT2D eigenvalue weighted by Gasteiger charge is -2.46. The van der Waals surface area contributed by atoms with Gasteiger partial charge in [0.05, 0.1) is 52.0 Å². The summed E-state index contributed by atoms with van der Waals surface area (Å²) < 4.78 is 19.4. The van der Waals surface area contributed by atoms with Crippen LogP contribution in [0, 0.1) is 27.9 Å². The normalized spacial score (nSPS) is 20.4. The van der Waals surface area contributed by atoms with Crippen LogP contribution < -0.4 is 15.0 Å². The van der Waals surface area contributed by atoms with E-state index in [0.717, 1.165) is 15.2 Å². The van der Waals surface area contributed by atoms with Gasteiger partial charge in [0.25, 0.3) is 5.69 Å². The second-order valence-electron chi connectivity index (χ2n) is 19.2. The maximum absolute atomic E-state index is 16.8. The van der Waals surface area contributed by atoms with Crippen LogP contribution in [0.2, 0.25) is 0 Å². The summed E-state index contributed by atoms with van der Waals surface area (Å²) in [6.07, 6.45) is -2.09. The Kier molecular flexibility index (Phi) is 14.3. The van der Waals surface area contributed by atoms with Crippen LogP contribution in [0.3, 0.4) is 0 Å². The second-order valence-corrected chi connectivity index (χ2v) is 20.2. The Hall–Kier alpha value is -9.05. The van der Waals surface area contributed by atoms with Gasteiger partial charge in [-0.25, -0.2) is 14.7 Å². The average molecular weight is 1060 g/mol. The fourth-order valence-electron chi connectivity index (χ4n) is 11.2. The minimum Gasteiger partial charge on any atom is -0.491 e. The molecule has 2 saturated heterocycles. The van der Waals surface area contributed by atoms with E-state index in [4.69, 9.17) is 19.2 Å². The van der Waals surface area contributed by atoms with Gasteiger partial charge in [-0.2, -0.15) is 0 Å². The maximum atomic E-state index is 16.8. The zero-order chi connectivity index (χ0) is 53.9. The lowest BCUT2D eigenvalue weighted by molar-refractivity contribution is -0.384. The van der Waals surface area contributed by atoms with E-state index in [0.29, 0.717) is 52.2 Å². The number of aliphatic hydroxyl groups excluding tert-OH is 1. The molecule has 3 aliphatic rings. The van der Waals surface area contributed by atoms with Crippen LogP contribution in [0.5, 0.6) is 5.75 Å². The molecule has 0 bridgehead atoms. The minimum atomic E-state index is -2.18. The number of aliphatic hydroxyl groups is 1. The molecular formula is C61H50N6O10S.